The fraction of sp³-hybridized carbons (Fsp3) is 0.133. The molecule has 5 heteroatoms. The lowest BCUT2D eigenvalue weighted by atomic mass is 10.1. The van der Waals surface area contributed by atoms with Gasteiger partial charge in [-0.25, -0.2) is 9.37 Å². The maximum Gasteiger partial charge on any atom is 0.139 e. The van der Waals surface area contributed by atoms with Crippen LogP contribution in [0.25, 0.3) is 16.9 Å². The number of rotatable bonds is 1. The fourth-order valence-corrected chi connectivity index (χ4v) is 2.65. The minimum atomic E-state index is -0.292. The molecule has 20 heavy (non-hydrogen) atoms. The largest absolute Gasteiger partial charge is 0.383 e. The molecule has 1 aromatic carbocycles. The number of imidazole rings is 1. The van der Waals surface area contributed by atoms with Crippen molar-refractivity contribution in [1.82, 2.24) is 9.38 Å². The molecule has 0 fully saturated rings. The molecule has 0 unspecified atom stereocenters. The molecule has 2 N–H and O–H groups in total. The third-order valence-electron chi connectivity index (χ3n) is 3.45. The van der Waals surface area contributed by atoms with Crippen molar-refractivity contribution in [3.05, 3.63) is 51.9 Å². The minimum absolute atomic E-state index is 0.292. The number of nitrogens with zero attached hydrogens (tertiary/aromatic N) is 2. The summed E-state index contributed by atoms with van der Waals surface area (Å²) in [5, 5.41) is 0. The number of anilines is 1. The van der Waals surface area contributed by atoms with Gasteiger partial charge in [0.1, 0.15) is 23.0 Å². The van der Waals surface area contributed by atoms with Crippen LogP contribution in [0, 0.1) is 19.7 Å². The molecule has 0 bridgehead atoms. The molecule has 2 heterocycles. The van der Waals surface area contributed by atoms with Crippen LogP contribution in [0.15, 0.2) is 34.8 Å². The first kappa shape index (κ1) is 13.1. The van der Waals surface area contributed by atoms with Crippen molar-refractivity contribution in [1.29, 1.82) is 0 Å². The summed E-state index contributed by atoms with van der Waals surface area (Å²) in [5.41, 5.74) is 10.2. The SMILES string of the molecule is Cc1ccc(F)cc1-c1nc2ccc(Br)c(C)n2c1N. The molecule has 0 spiro atoms. The lowest BCUT2D eigenvalue weighted by molar-refractivity contribution is 0.628. The van der Waals surface area contributed by atoms with Gasteiger partial charge < -0.3 is 5.73 Å². The minimum Gasteiger partial charge on any atom is -0.383 e. The van der Waals surface area contributed by atoms with Crippen LogP contribution in [0.2, 0.25) is 0 Å². The van der Waals surface area contributed by atoms with Gasteiger partial charge in [0.15, 0.2) is 0 Å². The number of halogens is 2. The number of fused-ring (bicyclic) bond motifs is 1. The highest BCUT2D eigenvalue weighted by Crippen LogP contribution is 2.31. The van der Waals surface area contributed by atoms with Crippen LogP contribution >= 0.6 is 15.9 Å². The molecule has 0 saturated carbocycles. The number of hydrogen-bond donors (Lipinski definition) is 1. The predicted molar refractivity (Wildman–Crippen MR) is 82.2 cm³/mol. The van der Waals surface area contributed by atoms with Gasteiger partial charge in [0, 0.05) is 15.7 Å². The maximum atomic E-state index is 13.5. The van der Waals surface area contributed by atoms with Crippen molar-refractivity contribution in [3.8, 4) is 11.3 Å². The van der Waals surface area contributed by atoms with Gasteiger partial charge in [0.05, 0.1) is 0 Å². The van der Waals surface area contributed by atoms with E-state index in [-0.39, 0.29) is 5.82 Å². The zero-order chi connectivity index (χ0) is 14.4. The topological polar surface area (TPSA) is 43.3 Å². The number of aromatic nitrogens is 2. The van der Waals surface area contributed by atoms with E-state index in [9.17, 15) is 4.39 Å². The standard InChI is InChI=1S/C15H13BrFN3/c1-8-3-4-10(17)7-11(8)14-15(18)20-9(2)12(16)5-6-13(20)19-14/h3-7H,18H2,1-2H3. The molecule has 2 aromatic heterocycles. The molecule has 0 atom stereocenters. The summed E-state index contributed by atoms with van der Waals surface area (Å²) in [6.45, 7) is 3.87. The number of pyridine rings is 1. The summed E-state index contributed by atoms with van der Waals surface area (Å²) in [4.78, 5) is 4.54. The first-order valence-corrected chi connectivity index (χ1v) is 6.98. The summed E-state index contributed by atoms with van der Waals surface area (Å²) in [6, 6.07) is 8.45. The first-order chi connectivity index (χ1) is 9.49. The Kier molecular flexibility index (Phi) is 3.01. The van der Waals surface area contributed by atoms with Gasteiger partial charge in [-0.1, -0.05) is 6.07 Å². The fourth-order valence-electron chi connectivity index (χ4n) is 2.34. The van der Waals surface area contributed by atoms with Crippen molar-refractivity contribution in [2.75, 3.05) is 5.73 Å². The highest BCUT2D eigenvalue weighted by atomic mass is 79.9. The van der Waals surface area contributed by atoms with Gasteiger partial charge in [-0.15, -0.1) is 0 Å². The smallest absolute Gasteiger partial charge is 0.139 e. The molecule has 102 valence electrons. The third kappa shape index (κ3) is 1.89. The van der Waals surface area contributed by atoms with Crippen LogP contribution in [0.5, 0.6) is 0 Å². The number of nitrogen functional groups attached to an aromatic ring is 1. The second-order valence-electron chi connectivity index (χ2n) is 4.77. The summed E-state index contributed by atoms with van der Waals surface area (Å²) >= 11 is 3.48. The van der Waals surface area contributed by atoms with Gasteiger partial charge in [-0.2, -0.15) is 0 Å². The lowest BCUT2D eigenvalue weighted by Gasteiger charge is -2.06. The predicted octanol–water partition coefficient (Wildman–Crippen LogP) is 4.10. The average molecular weight is 334 g/mol. The van der Waals surface area contributed by atoms with Gasteiger partial charge in [-0.3, -0.25) is 4.40 Å². The van der Waals surface area contributed by atoms with E-state index in [0.717, 1.165) is 26.9 Å². The Hall–Kier alpha value is -1.88. The van der Waals surface area contributed by atoms with E-state index in [1.54, 1.807) is 6.07 Å². The normalized spacial score (nSPS) is 11.2. The third-order valence-corrected chi connectivity index (χ3v) is 4.29. The summed E-state index contributed by atoms with van der Waals surface area (Å²) in [7, 11) is 0. The molecule has 0 aliphatic heterocycles. The van der Waals surface area contributed by atoms with E-state index in [1.165, 1.54) is 12.1 Å². The van der Waals surface area contributed by atoms with Gasteiger partial charge >= 0.3 is 0 Å². The van der Waals surface area contributed by atoms with Crippen LogP contribution in [0.1, 0.15) is 11.3 Å². The Morgan fingerprint density at radius 3 is 2.70 bits per heavy atom. The Bertz CT molecular complexity index is 824. The monoisotopic (exact) mass is 333 g/mol. The average Bonchev–Trinajstić information content (AvgIpc) is 2.75. The maximum absolute atomic E-state index is 13.5. The highest BCUT2D eigenvalue weighted by Gasteiger charge is 2.16. The molecule has 0 radical (unpaired) electrons. The van der Waals surface area contributed by atoms with E-state index < -0.39 is 0 Å². The van der Waals surface area contributed by atoms with Gasteiger partial charge in [0.25, 0.3) is 0 Å². The Morgan fingerprint density at radius 1 is 1.20 bits per heavy atom. The second kappa shape index (κ2) is 4.59. The van der Waals surface area contributed by atoms with E-state index in [2.05, 4.69) is 20.9 Å². The van der Waals surface area contributed by atoms with Crippen molar-refractivity contribution in [2.45, 2.75) is 13.8 Å². The molecule has 0 aliphatic rings. The Labute approximate surface area is 124 Å². The second-order valence-corrected chi connectivity index (χ2v) is 5.62. The van der Waals surface area contributed by atoms with E-state index in [0.29, 0.717) is 11.5 Å². The van der Waals surface area contributed by atoms with E-state index >= 15 is 0 Å². The molecule has 3 rings (SSSR count). The van der Waals surface area contributed by atoms with E-state index in [1.807, 2.05) is 30.4 Å². The molecule has 3 nitrogen and oxygen atoms in total. The van der Waals surface area contributed by atoms with Crippen molar-refractivity contribution in [2.24, 2.45) is 0 Å². The molecular weight excluding hydrogens is 321 g/mol. The number of hydrogen-bond acceptors (Lipinski definition) is 2. The zero-order valence-electron chi connectivity index (χ0n) is 11.1. The van der Waals surface area contributed by atoms with Crippen molar-refractivity contribution >= 4 is 27.4 Å². The number of nitrogens with two attached hydrogens (primary N) is 1. The van der Waals surface area contributed by atoms with Gasteiger partial charge in [-0.05, 0) is 59.6 Å². The highest BCUT2D eigenvalue weighted by molar-refractivity contribution is 9.10. The number of aryl methyl sites for hydroxylation is 2. The molecule has 0 aliphatic carbocycles. The van der Waals surface area contributed by atoms with Gasteiger partial charge in [0.2, 0.25) is 0 Å². The quantitative estimate of drug-likeness (QED) is 0.728. The molecule has 3 aromatic rings. The molecular formula is C15H13BrFN3. The summed E-state index contributed by atoms with van der Waals surface area (Å²) in [6.07, 6.45) is 0. The Morgan fingerprint density at radius 2 is 1.95 bits per heavy atom. The lowest BCUT2D eigenvalue weighted by Crippen LogP contribution is -1.99. The summed E-state index contributed by atoms with van der Waals surface area (Å²) < 4.78 is 16.3. The van der Waals surface area contributed by atoms with Crippen LogP contribution < -0.4 is 5.73 Å². The molecule has 0 saturated heterocycles. The van der Waals surface area contributed by atoms with Crippen LogP contribution in [-0.4, -0.2) is 9.38 Å². The van der Waals surface area contributed by atoms with Crippen molar-refractivity contribution < 1.29 is 4.39 Å². The van der Waals surface area contributed by atoms with Crippen LogP contribution in [-0.2, 0) is 0 Å². The zero-order valence-corrected chi connectivity index (χ0v) is 12.7. The first-order valence-electron chi connectivity index (χ1n) is 6.18. The van der Waals surface area contributed by atoms with Crippen LogP contribution in [0.4, 0.5) is 10.2 Å². The Balaban J connectivity index is 2.35. The van der Waals surface area contributed by atoms with E-state index in [4.69, 9.17) is 5.73 Å². The summed E-state index contributed by atoms with van der Waals surface area (Å²) in [5.74, 6) is 0.229. The molecule has 0 amide bonds. The van der Waals surface area contributed by atoms with Crippen molar-refractivity contribution in [3.63, 3.8) is 0 Å². The van der Waals surface area contributed by atoms with Crippen LogP contribution in [0.3, 0.4) is 0 Å². The number of benzene rings is 1.